The molecule has 1 fully saturated rings. The average molecular weight is 244 g/mol. The van der Waals surface area contributed by atoms with Gasteiger partial charge in [0.25, 0.3) is 0 Å². The second-order valence-electron chi connectivity index (χ2n) is 5.35. The van der Waals surface area contributed by atoms with Crippen LogP contribution in [0.15, 0.2) is 18.2 Å². The molecular formula is C15H20N2O. The lowest BCUT2D eigenvalue weighted by atomic mass is 9.85. The maximum Gasteiger partial charge on any atom is 0.222 e. The highest BCUT2D eigenvalue weighted by atomic mass is 16.2. The zero-order valence-electron chi connectivity index (χ0n) is 10.7. The molecule has 1 aromatic carbocycles. The lowest BCUT2D eigenvalue weighted by Crippen LogP contribution is -2.40. The Bertz CT molecular complexity index is 470. The molecule has 3 nitrogen and oxygen atoms in total. The molecule has 2 aliphatic rings. The molecule has 1 aromatic rings. The molecule has 1 aliphatic heterocycles. The largest absolute Gasteiger partial charge is 0.339 e. The minimum atomic E-state index is 0.346. The molecule has 0 saturated carbocycles. The molecule has 1 aliphatic carbocycles. The van der Waals surface area contributed by atoms with Gasteiger partial charge in [0.05, 0.1) is 0 Å². The third kappa shape index (κ3) is 1.93. The predicted octanol–water partition coefficient (Wildman–Crippen LogP) is 1.62. The van der Waals surface area contributed by atoms with E-state index in [1.165, 1.54) is 16.7 Å². The molecule has 1 saturated heterocycles. The molecule has 1 amide bonds. The van der Waals surface area contributed by atoms with E-state index in [1.54, 1.807) is 0 Å². The number of carbonyl (C=O) groups excluding carboxylic acids is 1. The van der Waals surface area contributed by atoms with E-state index in [9.17, 15) is 4.79 Å². The Kier molecular flexibility index (Phi) is 3.08. The number of nitrogens with two attached hydrogens (primary N) is 1. The SMILES string of the molecule is NCc1cccc2c1CCC(N1CCCC1=O)C2. The maximum absolute atomic E-state index is 11.8. The first-order valence-corrected chi connectivity index (χ1v) is 6.89. The van der Waals surface area contributed by atoms with Crippen molar-refractivity contribution in [3.8, 4) is 0 Å². The van der Waals surface area contributed by atoms with Gasteiger partial charge >= 0.3 is 0 Å². The fraction of sp³-hybridized carbons (Fsp3) is 0.533. The number of benzene rings is 1. The molecule has 18 heavy (non-hydrogen) atoms. The zero-order valence-corrected chi connectivity index (χ0v) is 10.7. The highest BCUT2D eigenvalue weighted by Gasteiger charge is 2.30. The summed E-state index contributed by atoms with van der Waals surface area (Å²) in [6, 6.07) is 6.83. The van der Waals surface area contributed by atoms with Gasteiger partial charge in [0.15, 0.2) is 0 Å². The van der Waals surface area contributed by atoms with Crippen LogP contribution < -0.4 is 5.73 Å². The Hall–Kier alpha value is -1.35. The van der Waals surface area contributed by atoms with Crippen LogP contribution in [0.5, 0.6) is 0 Å². The van der Waals surface area contributed by atoms with Gasteiger partial charge < -0.3 is 10.6 Å². The fourth-order valence-corrected chi connectivity index (χ4v) is 3.38. The van der Waals surface area contributed by atoms with E-state index in [0.29, 0.717) is 18.5 Å². The van der Waals surface area contributed by atoms with E-state index in [0.717, 1.165) is 38.6 Å². The maximum atomic E-state index is 11.8. The van der Waals surface area contributed by atoms with Gasteiger partial charge in [-0.05, 0) is 42.4 Å². The van der Waals surface area contributed by atoms with Crippen LogP contribution in [0.4, 0.5) is 0 Å². The van der Waals surface area contributed by atoms with Crippen LogP contribution in [-0.2, 0) is 24.2 Å². The molecule has 0 spiro atoms. The van der Waals surface area contributed by atoms with Crippen molar-refractivity contribution in [2.24, 2.45) is 5.73 Å². The molecule has 1 heterocycles. The predicted molar refractivity (Wildman–Crippen MR) is 71.1 cm³/mol. The molecule has 0 bridgehead atoms. The van der Waals surface area contributed by atoms with Gasteiger partial charge in [-0.1, -0.05) is 18.2 Å². The summed E-state index contributed by atoms with van der Waals surface area (Å²) in [5.41, 5.74) is 9.90. The second-order valence-corrected chi connectivity index (χ2v) is 5.35. The monoisotopic (exact) mass is 244 g/mol. The highest BCUT2D eigenvalue weighted by Crippen LogP contribution is 2.29. The van der Waals surface area contributed by atoms with Crippen LogP contribution in [0.3, 0.4) is 0 Å². The van der Waals surface area contributed by atoms with Gasteiger partial charge in [-0.2, -0.15) is 0 Å². The van der Waals surface area contributed by atoms with E-state index in [2.05, 4.69) is 23.1 Å². The summed E-state index contributed by atoms with van der Waals surface area (Å²) in [5, 5.41) is 0. The average Bonchev–Trinajstić information content (AvgIpc) is 2.83. The first-order chi connectivity index (χ1) is 8.79. The van der Waals surface area contributed by atoms with Gasteiger partial charge in [0, 0.05) is 25.6 Å². The minimum absolute atomic E-state index is 0.346. The van der Waals surface area contributed by atoms with Gasteiger partial charge in [-0.3, -0.25) is 4.79 Å². The summed E-state index contributed by atoms with van der Waals surface area (Å²) in [7, 11) is 0. The van der Waals surface area contributed by atoms with Crippen molar-refractivity contribution in [1.82, 2.24) is 4.90 Å². The van der Waals surface area contributed by atoms with Crippen LogP contribution >= 0.6 is 0 Å². The topological polar surface area (TPSA) is 46.3 Å². The normalized spacial score (nSPS) is 23.3. The number of amides is 1. The minimum Gasteiger partial charge on any atom is -0.339 e. The summed E-state index contributed by atoms with van der Waals surface area (Å²) >= 11 is 0. The quantitative estimate of drug-likeness (QED) is 0.859. The molecule has 1 atom stereocenters. The van der Waals surface area contributed by atoms with Crippen molar-refractivity contribution in [3.63, 3.8) is 0 Å². The number of likely N-dealkylation sites (tertiary alicyclic amines) is 1. The lowest BCUT2D eigenvalue weighted by molar-refractivity contribution is -0.129. The van der Waals surface area contributed by atoms with Gasteiger partial charge in [0.2, 0.25) is 5.91 Å². The molecule has 1 unspecified atom stereocenters. The Balaban J connectivity index is 1.83. The molecule has 0 radical (unpaired) electrons. The Morgan fingerprint density at radius 2 is 2.22 bits per heavy atom. The fourth-order valence-electron chi connectivity index (χ4n) is 3.38. The van der Waals surface area contributed by atoms with E-state index >= 15 is 0 Å². The van der Waals surface area contributed by atoms with Crippen LogP contribution in [0.25, 0.3) is 0 Å². The molecular weight excluding hydrogens is 224 g/mol. The number of fused-ring (bicyclic) bond motifs is 1. The van der Waals surface area contributed by atoms with Crippen LogP contribution in [0.1, 0.15) is 36.0 Å². The first-order valence-electron chi connectivity index (χ1n) is 6.89. The summed E-state index contributed by atoms with van der Waals surface area (Å²) in [6.07, 6.45) is 4.94. The lowest BCUT2D eigenvalue weighted by Gasteiger charge is -2.33. The molecule has 3 heteroatoms. The van der Waals surface area contributed by atoms with Crippen molar-refractivity contribution >= 4 is 5.91 Å². The molecule has 0 aromatic heterocycles. The van der Waals surface area contributed by atoms with E-state index in [4.69, 9.17) is 5.73 Å². The van der Waals surface area contributed by atoms with Crippen molar-refractivity contribution in [2.75, 3.05) is 6.54 Å². The smallest absolute Gasteiger partial charge is 0.222 e. The number of rotatable bonds is 2. The van der Waals surface area contributed by atoms with Crippen LogP contribution in [0, 0.1) is 0 Å². The van der Waals surface area contributed by atoms with Gasteiger partial charge in [0.1, 0.15) is 0 Å². The van der Waals surface area contributed by atoms with Crippen molar-refractivity contribution in [2.45, 2.75) is 44.7 Å². The standard InChI is InChI=1S/C15H20N2O/c16-10-12-4-1-3-11-9-13(6-7-14(11)12)17-8-2-5-15(17)18/h1,3-4,13H,2,5-10,16H2. The van der Waals surface area contributed by atoms with Gasteiger partial charge in [-0.25, -0.2) is 0 Å². The molecule has 3 rings (SSSR count). The second kappa shape index (κ2) is 4.73. The van der Waals surface area contributed by atoms with E-state index < -0.39 is 0 Å². The van der Waals surface area contributed by atoms with Crippen LogP contribution in [-0.4, -0.2) is 23.4 Å². The number of carbonyl (C=O) groups is 1. The molecule has 96 valence electrons. The first kappa shape index (κ1) is 11.7. The third-order valence-electron chi connectivity index (χ3n) is 4.32. The summed E-state index contributed by atoms with van der Waals surface area (Å²) in [5.74, 6) is 0.346. The van der Waals surface area contributed by atoms with Crippen molar-refractivity contribution < 1.29 is 4.79 Å². The number of nitrogens with zero attached hydrogens (tertiary/aromatic N) is 1. The summed E-state index contributed by atoms with van der Waals surface area (Å²) < 4.78 is 0. The van der Waals surface area contributed by atoms with Crippen molar-refractivity contribution in [3.05, 3.63) is 34.9 Å². The van der Waals surface area contributed by atoms with E-state index in [-0.39, 0.29) is 0 Å². The summed E-state index contributed by atoms with van der Waals surface area (Å²) in [4.78, 5) is 13.9. The Labute approximate surface area is 108 Å². The zero-order chi connectivity index (χ0) is 12.5. The number of hydrogen-bond donors (Lipinski definition) is 1. The highest BCUT2D eigenvalue weighted by molar-refractivity contribution is 5.78. The number of hydrogen-bond acceptors (Lipinski definition) is 2. The molecule has 2 N–H and O–H groups in total. The summed E-state index contributed by atoms with van der Waals surface area (Å²) in [6.45, 7) is 1.58. The Morgan fingerprint density at radius 3 is 2.94 bits per heavy atom. The van der Waals surface area contributed by atoms with E-state index in [1.807, 2.05) is 0 Å². The third-order valence-corrected chi connectivity index (χ3v) is 4.32. The van der Waals surface area contributed by atoms with Crippen LogP contribution in [0.2, 0.25) is 0 Å². The van der Waals surface area contributed by atoms with Gasteiger partial charge in [-0.15, -0.1) is 0 Å². The Morgan fingerprint density at radius 1 is 1.33 bits per heavy atom. The van der Waals surface area contributed by atoms with Crippen molar-refractivity contribution in [1.29, 1.82) is 0 Å².